The van der Waals surface area contributed by atoms with Gasteiger partial charge in [-0.25, -0.2) is 13.4 Å². The predicted molar refractivity (Wildman–Crippen MR) is 112 cm³/mol. The van der Waals surface area contributed by atoms with Crippen LogP contribution in [0.5, 0.6) is 0 Å². The Morgan fingerprint density at radius 1 is 1.26 bits per heavy atom. The van der Waals surface area contributed by atoms with E-state index in [-0.39, 0.29) is 35.1 Å². The first kappa shape index (κ1) is 24.1. The third-order valence-electron chi connectivity index (χ3n) is 4.94. The Morgan fingerprint density at radius 2 is 1.94 bits per heavy atom. The van der Waals surface area contributed by atoms with Crippen molar-refractivity contribution in [2.75, 3.05) is 6.26 Å². The lowest BCUT2D eigenvalue weighted by Gasteiger charge is -2.28. The van der Waals surface area contributed by atoms with Crippen molar-refractivity contribution in [2.24, 2.45) is 5.92 Å². The summed E-state index contributed by atoms with van der Waals surface area (Å²) in [6.45, 7) is 0.124. The van der Waals surface area contributed by atoms with Gasteiger partial charge < -0.3 is 20.7 Å². The number of nitrogens with one attached hydrogen (secondary N) is 3. The van der Waals surface area contributed by atoms with Crippen molar-refractivity contribution in [3.05, 3.63) is 48.0 Å². The number of carboxylic acid groups (broad SMARTS) is 1. The Bertz CT molecular complexity index is 983. The minimum absolute atomic E-state index is 0.00188. The van der Waals surface area contributed by atoms with Gasteiger partial charge in [0.2, 0.25) is 5.91 Å². The van der Waals surface area contributed by atoms with E-state index in [2.05, 4.69) is 20.6 Å². The summed E-state index contributed by atoms with van der Waals surface area (Å²) in [6, 6.07) is 5.99. The average molecular weight is 451 g/mol. The molecule has 0 radical (unpaired) electrons. The topological polar surface area (TPSA) is 158 Å². The molecule has 31 heavy (non-hydrogen) atoms. The molecule has 1 fully saturated rings. The molecule has 1 saturated carbocycles. The third kappa shape index (κ3) is 7.52. The van der Waals surface area contributed by atoms with E-state index in [4.69, 9.17) is 9.90 Å². The third-order valence-corrected chi connectivity index (χ3v) is 6.05. The fourth-order valence-corrected chi connectivity index (χ4v) is 4.01. The molecular formula is C20H26N4O6S. The summed E-state index contributed by atoms with van der Waals surface area (Å²) in [5.41, 5.74) is 0.321. The number of nitrogens with zero attached hydrogens (tertiary/aromatic N) is 1. The molecule has 0 unspecified atom stereocenters. The maximum atomic E-state index is 12.4. The monoisotopic (exact) mass is 450 g/mol. The molecule has 168 valence electrons. The minimum Gasteiger partial charge on any atom is -0.483 e. The number of hydrogen-bond donors (Lipinski definition) is 4. The van der Waals surface area contributed by atoms with E-state index in [0.717, 1.165) is 6.26 Å². The van der Waals surface area contributed by atoms with E-state index in [9.17, 15) is 18.0 Å². The van der Waals surface area contributed by atoms with Crippen LogP contribution < -0.4 is 10.6 Å². The van der Waals surface area contributed by atoms with E-state index >= 15 is 0 Å². The summed E-state index contributed by atoms with van der Waals surface area (Å²) in [4.78, 5) is 40.2. The van der Waals surface area contributed by atoms with Crippen LogP contribution in [0.1, 0.15) is 41.9 Å². The summed E-state index contributed by atoms with van der Waals surface area (Å²) in [7, 11) is -3.36. The predicted octanol–water partition coefficient (Wildman–Crippen LogP) is 1.12. The molecule has 1 heterocycles. The van der Waals surface area contributed by atoms with Crippen molar-refractivity contribution in [1.82, 2.24) is 20.6 Å². The van der Waals surface area contributed by atoms with Gasteiger partial charge in [-0.1, -0.05) is 6.07 Å². The van der Waals surface area contributed by atoms with Gasteiger partial charge in [0, 0.05) is 36.2 Å². The van der Waals surface area contributed by atoms with Crippen LogP contribution in [0.2, 0.25) is 0 Å². The number of H-pyrrole nitrogens is 1. The summed E-state index contributed by atoms with van der Waals surface area (Å²) in [5.74, 6) is 0.348. The van der Waals surface area contributed by atoms with Crippen LogP contribution in [0.4, 0.5) is 0 Å². The summed E-state index contributed by atoms with van der Waals surface area (Å²) < 4.78 is 23.3. The maximum absolute atomic E-state index is 12.4. The molecular weight excluding hydrogens is 424 g/mol. The first-order chi connectivity index (χ1) is 14.7. The molecule has 10 nitrogen and oxygen atoms in total. The quantitative estimate of drug-likeness (QED) is 0.480. The first-order valence-electron chi connectivity index (χ1n) is 9.69. The van der Waals surface area contributed by atoms with Crippen molar-refractivity contribution in [3.63, 3.8) is 0 Å². The number of aromatic nitrogens is 2. The molecule has 2 amide bonds. The van der Waals surface area contributed by atoms with Crippen LogP contribution in [0.3, 0.4) is 0 Å². The fourth-order valence-electron chi connectivity index (χ4n) is 3.35. The van der Waals surface area contributed by atoms with Gasteiger partial charge in [0.15, 0.2) is 9.84 Å². The number of hydrogen-bond acceptors (Lipinski definition) is 6. The van der Waals surface area contributed by atoms with Crippen molar-refractivity contribution in [2.45, 2.75) is 43.2 Å². The summed E-state index contributed by atoms with van der Waals surface area (Å²) in [5, 5.41) is 12.7. The van der Waals surface area contributed by atoms with Gasteiger partial charge in [0.1, 0.15) is 5.82 Å². The molecule has 0 bridgehead atoms. The van der Waals surface area contributed by atoms with Gasteiger partial charge >= 0.3 is 0 Å². The number of rotatable bonds is 6. The van der Waals surface area contributed by atoms with Crippen molar-refractivity contribution in [1.29, 1.82) is 0 Å². The Hall–Kier alpha value is -3.21. The molecule has 1 aliphatic rings. The zero-order valence-electron chi connectivity index (χ0n) is 17.1. The van der Waals surface area contributed by atoms with Crippen LogP contribution >= 0.6 is 0 Å². The second kappa shape index (κ2) is 11.3. The molecule has 0 atom stereocenters. The number of amides is 2. The number of imidazole rings is 1. The highest BCUT2D eigenvalue weighted by Gasteiger charge is 2.27. The van der Waals surface area contributed by atoms with Gasteiger partial charge in [-0.05, 0) is 43.9 Å². The molecule has 4 N–H and O–H groups in total. The Labute approximate surface area is 180 Å². The van der Waals surface area contributed by atoms with Gasteiger partial charge in [-0.15, -0.1) is 0 Å². The lowest BCUT2D eigenvalue weighted by Crippen LogP contribution is -2.40. The molecule has 0 saturated heterocycles. The van der Waals surface area contributed by atoms with Crippen LogP contribution in [-0.4, -0.2) is 54.1 Å². The van der Waals surface area contributed by atoms with Crippen molar-refractivity contribution < 1.29 is 27.9 Å². The SMILES string of the molecule is CS(=O)(=O)c1cccc(C(=O)NC2CCC(C(=O)NCc3ncc[nH]3)CC2)c1.O=CO. The lowest BCUT2D eigenvalue weighted by molar-refractivity contribution is -0.126. The lowest BCUT2D eigenvalue weighted by atomic mass is 9.85. The van der Waals surface area contributed by atoms with E-state index in [0.29, 0.717) is 43.6 Å². The highest BCUT2D eigenvalue weighted by molar-refractivity contribution is 7.90. The van der Waals surface area contributed by atoms with E-state index in [1.165, 1.54) is 12.1 Å². The van der Waals surface area contributed by atoms with Gasteiger partial charge in [0.25, 0.3) is 12.4 Å². The second-order valence-corrected chi connectivity index (χ2v) is 9.20. The molecule has 1 aliphatic carbocycles. The second-order valence-electron chi connectivity index (χ2n) is 7.18. The van der Waals surface area contributed by atoms with Gasteiger partial charge in [-0.2, -0.15) is 0 Å². The molecule has 1 aromatic carbocycles. The smallest absolute Gasteiger partial charge is 0.290 e. The Morgan fingerprint density at radius 3 is 2.52 bits per heavy atom. The minimum atomic E-state index is -3.36. The van der Waals surface area contributed by atoms with Crippen LogP contribution in [-0.2, 0) is 26.0 Å². The summed E-state index contributed by atoms with van der Waals surface area (Å²) in [6.07, 6.45) is 7.26. The van der Waals surface area contributed by atoms with Gasteiger partial charge in [0.05, 0.1) is 11.4 Å². The number of carbonyl (C=O) groups is 3. The van der Waals surface area contributed by atoms with Crippen molar-refractivity contribution >= 4 is 28.1 Å². The van der Waals surface area contributed by atoms with Crippen molar-refractivity contribution in [3.8, 4) is 0 Å². The number of sulfone groups is 1. The number of carbonyl (C=O) groups excluding carboxylic acids is 2. The largest absolute Gasteiger partial charge is 0.483 e. The number of benzene rings is 1. The standard InChI is InChI=1S/C19H24N4O4S.CH2O2/c1-28(26,27)16-4-2-3-14(11-16)19(25)23-15-7-5-13(6-8-15)18(24)22-12-17-20-9-10-21-17;2-1-3/h2-4,9-11,13,15H,5-8,12H2,1H3,(H,20,21)(H,22,24)(H,23,25);1H,(H,2,3). The molecule has 1 aromatic heterocycles. The molecule has 0 aliphatic heterocycles. The molecule has 2 aromatic rings. The van der Waals surface area contributed by atoms with E-state index in [1.807, 2.05) is 0 Å². The van der Waals surface area contributed by atoms with Gasteiger partial charge in [-0.3, -0.25) is 14.4 Å². The molecule has 0 spiro atoms. The highest BCUT2D eigenvalue weighted by Crippen LogP contribution is 2.25. The number of aromatic amines is 1. The average Bonchev–Trinajstić information content (AvgIpc) is 3.26. The normalized spacial score (nSPS) is 18.2. The van der Waals surface area contributed by atoms with Crippen LogP contribution in [0.25, 0.3) is 0 Å². The zero-order valence-corrected chi connectivity index (χ0v) is 17.9. The van der Waals surface area contributed by atoms with Crippen LogP contribution in [0, 0.1) is 5.92 Å². The fraction of sp³-hybridized carbons (Fsp3) is 0.400. The van der Waals surface area contributed by atoms with E-state index < -0.39 is 9.84 Å². The van der Waals surface area contributed by atoms with E-state index in [1.54, 1.807) is 24.5 Å². The Balaban J connectivity index is 0.00000107. The maximum Gasteiger partial charge on any atom is 0.290 e. The summed E-state index contributed by atoms with van der Waals surface area (Å²) >= 11 is 0. The first-order valence-corrected chi connectivity index (χ1v) is 11.6. The Kier molecular flexibility index (Phi) is 8.74. The van der Waals surface area contributed by atoms with Crippen LogP contribution in [0.15, 0.2) is 41.6 Å². The zero-order chi connectivity index (χ0) is 22.9. The molecule has 3 rings (SSSR count). The molecule has 11 heteroatoms. The highest BCUT2D eigenvalue weighted by atomic mass is 32.2.